The first-order chi connectivity index (χ1) is 10.8. The second-order valence-electron chi connectivity index (χ2n) is 5.07. The summed E-state index contributed by atoms with van der Waals surface area (Å²) in [6, 6.07) is 17.9. The quantitative estimate of drug-likeness (QED) is 0.853. The Morgan fingerprint density at radius 2 is 1.82 bits per heavy atom. The Balaban J connectivity index is 2.12. The van der Waals surface area contributed by atoms with Gasteiger partial charge in [-0.05, 0) is 23.3 Å². The molecule has 0 saturated heterocycles. The number of hydrogen-bond donors (Lipinski definition) is 1. The van der Waals surface area contributed by atoms with Gasteiger partial charge in [-0.3, -0.25) is 4.90 Å². The van der Waals surface area contributed by atoms with Gasteiger partial charge in [0.2, 0.25) is 0 Å². The second-order valence-corrected chi connectivity index (χ2v) is 5.07. The molecule has 0 aliphatic heterocycles. The monoisotopic (exact) mass is 296 g/mol. The molecule has 2 rings (SSSR count). The van der Waals surface area contributed by atoms with E-state index in [1.165, 1.54) is 5.56 Å². The fourth-order valence-electron chi connectivity index (χ4n) is 2.40. The van der Waals surface area contributed by atoms with Crippen LogP contribution in [-0.2, 0) is 13.1 Å². The first-order valence-corrected chi connectivity index (χ1v) is 7.21. The van der Waals surface area contributed by atoms with Gasteiger partial charge in [0.05, 0.1) is 19.3 Å². The molecule has 0 aromatic heterocycles. The lowest BCUT2D eigenvalue weighted by molar-refractivity contribution is 0.184. The molecule has 1 N–H and O–H groups in total. The zero-order chi connectivity index (χ0) is 15.8. The van der Waals surface area contributed by atoms with Crippen molar-refractivity contribution in [2.75, 3.05) is 20.3 Å². The van der Waals surface area contributed by atoms with Crippen LogP contribution < -0.4 is 4.74 Å². The van der Waals surface area contributed by atoms with Gasteiger partial charge in [-0.15, -0.1) is 0 Å². The Bertz CT molecular complexity index is 635. The molecule has 0 atom stereocenters. The van der Waals surface area contributed by atoms with E-state index in [0.717, 1.165) is 12.1 Å². The molecule has 0 heterocycles. The molecule has 0 fully saturated rings. The van der Waals surface area contributed by atoms with E-state index in [4.69, 9.17) is 10.00 Å². The predicted octanol–water partition coefficient (Wildman–Crippen LogP) is 2.56. The topological polar surface area (TPSA) is 56.5 Å². The summed E-state index contributed by atoms with van der Waals surface area (Å²) < 4.78 is 5.16. The number of aliphatic hydroxyl groups excluding tert-OH is 1. The minimum absolute atomic E-state index is 0.105. The maximum Gasteiger partial charge on any atom is 0.136 e. The Morgan fingerprint density at radius 1 is 1.09 bits per heavy atom. The van der Waals surface area contributed by atoms with E-state index in [1.54, 1.807) is 7.11 Å². The number of rotatable bonds is 7. The van der Waals surface area contributed by atoms with Gasteiger partial charge in [0.1, 0.15) is 11.8 Å². The number of hydrogen-bond acceptors (Lipinski definition) is 4. The largest absolute Gasteiger partial charge is 0.495 e. The Kier molecular flexibility index (Phi) is 5.96. The third-order valence-electron chi connectivity index (χ3n) is 3.46. The normalized spacial score (nSPS) is 10.5. The van der Waals surface area contributed by atoms with Gasteiger partial charge in [-0.2, -0.15) is 5.26 Å². The van der Waals surface area contributed by atoms with Crippen LogP contribution in [0.15, 0.2) is 48.5 Å². The summed E-state index contributed by atoms with van der Waals surface area (Å²) in [5, 5.41) is 18.4. The second kappa shape index (κ2) is 8.18. The fraction of sp³-hybridized carbons (Fsp3) is 0.278. The van der Waals surface area contributed by atoms with Crippen molar-refractivity contribution in [1.29, 1.82) is 5.26 Å². The van der Waals surface area contributed by atoms with Gasteiger partial charge in [-0.25, -0.2) is 0 Å². The predicted molar refractivity (Wildman–Crippen MR) is 85.4 cm³/mol. The van der Waals surface area contributed by atoms with E-state index < -0.39 is 0 Å². The molecule has 0 unspecified atom stereocenters. The summed E-state index contributed by atoms with van der Waals surface area (Å²) in [5.74, 6) is 0.586. The van der Waals surface area contributed by atoms with Gasteiger partial charge in [0, 0.05) is 19.6 Å². The fourth-order valence-corrected chi connectivity index (χ4v) is 2.40. The zero-order valence-corrected chi connectivity index (χ0v) is 12.7. The van der Waals surface area contributed by atoms with Gasteiger partial charge in [0.15, 0.2) is 0 Å². The minimum atomic E-state index is 0.105. The Morgan fingerprint density at radius 3 is 2.45 bits per heavy atom. The molecule has 2 aromatic carbocycles. The van der Waals surface area contributed by atoms with Crippen LogP contribution in [-0.4, -0.2) is 30.3 Å². The van der Waals surface area contributed by atoms with Gasteiger partial charge in [-0.1, -0.05) is 36.4 Å². The van der Waals surface area contributed by atoms with Crippen LogP contribution in [0.2, 0.25) is 0 Å². The van der Waals surface area contributed by atoms with Crippen molar-refractivity contribution in [3.8, 4) is 11.8 Å². The summed E-state index contributed by atoms with van der Waals surface area (Å²) in [4.78, 5) is 2.15. The van der Waals surface area contributed by atoms with E-state index in [9.17, 15) is 5.11 Å². The van der Waals surface area contributed by atoms with Crippen molar-refractivity contribution in [2.45, 2.75) is 13.1 Å². The van der Waals surface area contributed by atoms with E-state index in [2.05, 4.69) is 23.1 Å². The van der Waals surface area contributed by atoms with Crippen LogP contribution in [0.25, 0.3) is 0 Å². The first-order valence-electron chi connectivity index (χ1n) is 7.21. The third kappa shape index (κ3) is 4.32. The lowest BCUT2D eigenvalue weighted by Gasteiger charge is -2.22. The third-order valence-corrected chi connectivity index (χ3v) is 3.46. The standard InChI is InChI=1S/C18H20N2O2/c1-22-18-8-7-16(11-17(18)12-19)14-20(9-10-21)13-15-5-3-2-4-6-15/h2-8,11,21H,9-10,13-14H2,1H3. The minimum Gasteiger partial charge on any atom is -0.495 e. The maximum absolute atomic E-state index is 9.26. The Labute approximate surface area is 131 Å². The van der Waals surface area contributed by atoms with Crippen LogP contribution in [0, 0.1) is 11.3 Å². The molecular formula is C18H20N2O2. The number of methoxy groups -OCH3 is 1. The molecule has 4 nitrogen and oxygen atoms in total. The van der Waals surface area contributed by atoms with Crippen LogP contribution in [0.3, 0.4) is 0 Å². The SMILES string of the molecule is COc1ccc(CN(CCO)Cc2ccccc2)cc1C#N. The van der Waals surface area contributed by atoms with Crippen LogP contribution >= 0.6 is 0 Å². The highest BCUT2D eigenvalue weighted by atomic mass is 16.5. The van der Waals surface area contributed by atoms with Crippen molar-refractivity contribution in [1.82, 2.24) is 4.90 Å². The number of nitriles is 1. The highest BCUT2D eigenvalue weighted by molar-refractivity contribution is 5.45. The van der Waals surface area contributed by atoms with E-state index in [0.29, 0.717) is 24.4 Å². The number of benzene rings is 2. The highest BCUT2D eigenvalue weighted by Gasteiger charge is 2.09. The summed E-state index contributed by atoms with van der Waals surface area (Å²) in [5.41, 5.74) is 2.76. The van der Waals surface area contributed by atoms with Crippen molar-refractivity contribution < 1.29 is 9.84 Å². The van der Waals surface area contributed by atoms with Crippen molar-refractivity contribution in [3.63, 3.8) is 0 Å². The molecular weight excluding hydrogens is 276 g/mol. The summed E-state index contributed by atoms with van der Waals surface area (Å²) in [6.07, 6.45) is 0. The summed E-state index contributed by atoms with van der Waals surface area (Å²) in [7, 11) is 1.56. The molecule has 0 saturated carbocycles. The van der Waals surface area contributed by atoms with E-state index in [-0.39, 0.29) is 6.61 Å². The lowest BCUT2D eigenvalue weighted by atomic mass is 10.1. The maximum atomic E-state index is 9.26. The zero-order valence-electron chi connectivity index (χ0n) is 12.7. The lowest BCUT2D eigenvalue weighted by Crippen LogP contribution is -2.26. The molecule has 2 aromatic rings. The number of ether oxygens (including phenoxy) is 1. The van der Waals surface area contributed by atoms with Gasteiger partial charge in [0.25, 0.3) is 0 Å². The van der Waals surface area contributed by atoms with Crippen LogP contribution in [0.1, 0.15) is 16.7 Å². The van der Waals surface area contributed by atoms with Gasteiger partial charge < -0.3 is 9.84 Å². The van der Waals surface area contributed by atoms with Crippen molar-refractivity contribution in [3.05, 3.63) is 65.2 Å². The Hall–Kier alpha value is -2.35. The molecule has 0 aliphatic carbocycles. The van der Waals surface area contributed by atoms with E-state index >= 15 is 0 Å². The van der Waals surface area contributed by atoms with E-state index in [1.807, 2.05) is 36.4 Å². The molecule has 4 heteroatoms. The highest BCUT2D eigenvalue weighted by Crippen LogP contribution is 2.20. The number of aliphatic hydroxyl groups is 1. The molecule has 0 bridgehead atoms. The molecule has 0 spiro atoms. The first kappa shape index (κ1) is 16.0. The van der Waals surface area contributed by atoms with Crippen LogP contribution in [0.4, 0.5) is 0 Å². The molecule has 114 valence electrons. The van der Waals surface area contributed by atoms with Crippen molar-refractivity contribution in [2.24, 2.45) is 0 Å². The average Bonchev–Trinajstić information content (AvgIpc) is 2.56. The average molecular weight is 296 g/mol. The van der Waals surface area contributed by atoms with Gasteiger partial charge >= 0.3 is 0 Å². The molecule has 0 radical (unpaired) electrons. The summed E-state index contributed by atoms with van der Waals surface area (Å²) in [6.45, 7) is 2.13. The molecule has 0 amide bonds. The molecule has 22 heavy (non-hydrogen) atoms. The van der Waals surface area contributed by atoms with Crippen molar-refractivity contribution >= 4 is 0 Å². The molecule has 0 aliphatic rings. The summed E-state index contributed by atoms with van der Waals surface area (Å²) >= 11 is 0. The van der Waals surface area contributed by atoms with Crippen LogP contribution in [0.5, 0.6) is 5.75 Å². The smallest absolute Gasteiger partial charge is 0.136 e. The number of nitrogens with zero attached hydrogens (tertiary/aromatic N) is 2.